The van der Waals surface area contributed by atoms with Gasteiger partial charge in [-0.25, -0.2) is 0 Å². The zero-order valence-electron chi connectivity index (χ0n) is 28.6. The predicted molar refractivity (Wildman–Crippen MR) is 209 cm³/mol. The van der Waals surface area contributed by atoms with E-state index >= 15 is 0 Å². The molecule has 6 aromatic carbocycles. The molecule has 0 N–H and O–H groups in total. The zero-order valence-corrected chi connectivity index (χ0v) is 29.4. The Morgan fingerprint density at radius 2 is 1.39 bits per heavy atom. The third-order valence-electron chi connectivity index (χ3n) is 11.2. The number of fused-ring (bicyclic) bond motifs is 13. The number of rotatable bonds is 0. The van der Waals surface area contributed by atoms with E-state index in [0.29, 0.717) is 0 Å². The van der Waals surface area contributed by atoms with E-state index in [-0.39, 0.29) is 17.7 Å². The maximum absolute atomic E-state index is 6.79. The highest BCUT2D eigenvalue weighted by Crippen LogP contribution is 2.55. The molecule has 0 unspecified atom stereocenters. The van der Waals surface area contributed by atoms with Crippen LogP contribution in [0, 0.1) is 0 Å². The van der Waals surface area contributed by atoms with Crippen molar-refractivity contribution in [3.05, 3.63) is 114 Å². The smallest absolute Gasteiger partial charge is 0.333 e. The molecule has 0 aliphatic carbocycles. The first-order chi connectivity index (χ1) is 23.6. The quantitative estimate of drug-likeness (QED) is 0.152. The van der Waals surface area contributed by atoms with E-state index in [4.69, 9.17) is 4.42 Å². The molecule has 0 amide bonds. The molecule has 3 nitrogen and oxygen atoms in total. The maximum atomic E-state index is 6.79. The summed E-state index contributed by atoms with van der Waals surface area (Å²) in [6.45, 7) is 14.0. The molecular weight excluding hydrogens is 615 g/mol. The van der Waals surface area contributed by atoms with E-state index in [1.807, 2.05) is 11.8 Å². The molecule has 49 heavy (non-hydrogen) atoms. The van der Waals surface area contributed by atoms with Crippen molar-refractivity contribution in [2.24, 2.45) is 0 Å². The molecule has 236 valence electrons. The summed E-state index contributed by atoms with van der Waals surface area (Å²) < 4.78 is 9.48. The number of hydrogen-bond donors (Lipinski definition) is 0. The summed E-state index contributed by atoms with van der Waals surface area (Å²) in [7, 11) is 0. The molecule has 5 heteroatoms. The Kier molecular flexibility index (Phi) is 5.16. The molecule has 0 saturated heterocycles. The largest absolute Gasteiger partial charge is 0.456 e. The van der Waals surface area contributed by atoms with Gasteiger partial charge in [0.25, 0.3) is 0 Å². The molecule has 5 heterocycles. The van der Waals surface area contributed by atoms with Crippen LogP contribution in [0.1, 0.15) is 52.7 Å². The Hall–Kier alpha value is -4.87. The number of nitrogens with zero attached hydrogens (tertiary/aromatic N) is 2. The lowest BCUT2D eigenvalue weighted by atomic mass is 9.45. The van der Waals surface area contributed by atoms with Crippen LogP contribution < -0.4 is 15.8 Å². The first-order valence-corrected chi connectivity index (χ1v) is 18.2. The van der Waals surface area contributed by atoms with Gasteiger partial charge in [0.05, 0.1) is 11.4 Å². The second-order valence-corrected chi connectivity index (χ2v) is 17.3. The molecule has 0 atom stereocenters. The summed E-state index contributed by atoms with van der Waals surface area (Å²) >= 11 is 1.89. The third-order valence-corrected chi connectivity index (χ3v) is 12.3. The minimum absolute atomic E-state index is 0.00796. The van der Waals surface area contributed by atoms with Crippen molar-refractivity contribution in [2.45, 2.75) is 62.2 Å². The molecule has 0 fully saturated rings. The van der Waals surface area contributed by atoms with Gasteiger partial charge in [0.15, 0.2) is 0 Å². The van der Waals surface area contributed by atoms with Crippen LogP contribution in [0.2, 0.25) is 0 Å². The molecule has 2 aromatic heterocycles. The van der Waals surface area contributed by atoms with Crippen molar-refractivity contribution in [2.75, 3.05) is 4.90 Å². The average molecular weight is 651 g/mol. The first-order valence-electron chi connectivity index (χ1n) is 17.4. The topological polar surface area (TPSA) is 21.3 Å². The number of benzene rings is 6. The van der Waals surface area contributed by atoms with E-state index in [0.717, 1.165) is 11.2 Å². The van der Waals surface area contributed by atoms with Crippen LogP contribution in [0.15, 0.2) is 117 Å². The Balaban J connectivity index is 1.40. The molecule has 0 bridgehead atoms. The van der Waals surface area contributed by atoms with Gasteiger partial charge in [0.2, 0.25) is 0 Å². The molecule has 0 radical (unpaired) electrons. The fourth-order valence-corrected chi connectivity index (χ4v) is 9.99. The molecule has 3 aliphatic heterocycles. The van der Waals surface area contributed by atoms with Crippen LogP contribution in [-0.4, -0.2) is 11.3 Å². The van der Waals surface area contributed by atoms with Crippen LogP contribution in [0.5, 0.6) is 0 Å². The number of anilines is 3. The van der Waals surface area contributed by atoms with E-state index in [1.165, 1.54) is 92.6 Å². The lowest BCUT2D eigenvalue weighted by molar-refractivity contribution is 0.590. The Bertz CT molecular complexity index is 2790. The summed E-state index contributed by atoms with van der Waals surface area (Å²) in [5.74, 6) is 0. The Morgan fingerprint density at radius 3 is 2.22 bits per heavy atom. The fraction of sp³-hybridized carbons (Fsp3) is 0.182. The second-order valence-electron chi connectivity index (χ2n) is 16.2. The molecule has 3 aliphatic rings. The lowest BCUT2D eigenvalue weighted by Crippen LogP contribution is -2.57. The highest BCUT2D eigenvalue weighted by Gasteiger charge is 2.46. The molecule has 0 saturated carbocycles. The van der Waals surface area contributed by atoms with Crippen LogP contribution in [0.4, 0.5) is 17.1 Å². The van der Waals surface area contributed by atoms with Crippen LogP contribution >= 0.6 is 11.8 Å². The van der Waals surface area contributed by atoms with Gasteiger partial charge in [-0.3, -0.25) is 0 Å². The van der Waals surface area contributed by atoms with Crippen molar-refractivity contribution in [1.82, 2.24) is 4.48 Å². The van der Waals surface area contributed by atoms with E-state index in [9.17, 15) is 0 Å². The molecule has 8 aromatic rings. The van der Waals surface area contributed by atoms with Gasteiger partial charge in [0.1, 0.15) is 11.2 Å². The van der Waals surface area contributed by atoms with Crippen molar-refractivity contribution in [1.29, 1.82) is 0 Å². The van der Waals surface area contributed by atoms with Gasteiger partial charge < -0.3 is 13.8 Å². The van der Waals surface area contributed by atoms with Gasteiger partial charge in [-0.15, -0.1) is 0 Å². The van der Waals surface area contributed by atoms with E-state index in [1.54, 1.807) is 0 Å². The highest BCUT2D eigenvalue weighted by molar-refractivity contribution is 7.99. The minimum Gasteiger partial charge on any atom is -0.456 e. The number of hydrogen-bond acceptors (Lipinski definition) is 3. The standard InChI is InChI=1S/C44H35BN2OS/c1-43(2,3)24-18-19-31-27(20-24)28-21-25(44(4,5)6)22-29-39-38-26-12-7-9-15-34(26)48-35(38)23-33-40(39)45(47(31)41(28)29)30-13-11-17-37-42(30)46(33)32-14-8-10-16-36(32)49-37/h7-23H,1-6H3. The number of aromatic nitrogens is 1. The van der Waals surface area contributed by atoms with Crippen LogP contribution in [0.25, 0.3) is 54.9 Å². The number of para-hydroxylation sites is 3. The van der Waals surface area contributed by atoms with Crippen molar-refractivity contribution >= 4 is 90.3 Å². The van der Waals surface area contributed by atoms with Gasteiger partial charge >= 0.3 is 6.85 Å². The van der Waals surface area contributed by atoms with Crippen molar-refractivity contribution < 1.29 is 4.42 Å². The van der Waals surface area contributed by atoms with Crippen LogP contribution in [-0.2, 0) is 10.8 Å². The maximum Gasteiger partial charge on any atom is 0.333 e. The summed E-state index contributed by atoms with van der Waals surface area (Å²) in [5.41, 5.74) is 16.3. The Labute approximate surface area is 290 Å². The van der Waals surface area contributed by atoms with Gasteiger partial charge in [-0.2, -0.15) is 0 Å². The lowest BCUT2D eigenvalue weighted by Gasteiger charge is -2.43. The van der Waals surface area contributed by atoms with Crippen LogP contribution in [0.3, 0.4) is 0 Å². The average Bonchev–Trinajstić information content (AvgIpc) is 3.62. The summed E-state index contributed by atoms with van der Waals surface area (Å²) in [6, 6.07) is 39.0. The molecule has 11 rings (SSSR count). The highest BCUT2D eigenvalue weighted by atomic mass is 32.2. The molecular formula is C44H35BN2OS. The monoisotopic (exact) mass is 650 g/mol. The van der Waals surface area contributed by atoms with E-state index in [2.05, 4.69) is 154 Å². The first kappa shape index (κ1) is 28.0. The van der Waals surface area contributed by atoms with Crippen molar-refractivity contribution in [3.8, 4) is 11.1 Å². The summed E-state index contributed by atoms with van der Waals surface area (Å²) in [5, 5.41) is 5.08. The zero-order chi connectivity index (χ0) is 33.1. The normalized spacial score (nSPS) is 14.6. The van der Waals surface area contributed by atoms with Crippen molar-refractivity contribution in [3.63, 3.8) is 0 Å². The predicted octanol–water partition coefficient (Wildman–Crippen LogP) is 11.2. The summed E-state index contributed by atoms with van der Waals surface area (Å²) in [6.07, 6.45) is 0. The summed E-state index contributed by atoms with van der Waals surface area (Å²) in [4.78, 5) is 5.11. The second kappa shape index (κ2) is 9.02. The van der Waals surface area contributed by atoms with Gasteiger partial charge in [-0.05, 0) is 87.0 Å². The SMILES string of the molecule is CC(C)(C)c1ccc2c(c1)c1cc(C(C)(C)C)cc3c1n2B1c2cccc4c2N(c2ccccc2S4)c2cc4oc5ccccc5c4c-3c21. The fourth-order valence-electron chi connectivity index (χ4n) is 8.89. The number of furan rings is 1. The minimum atomic E-state index is -0.0332. The van der Waals surface area contributed by atoms with Gasteiger partial charge in [-0.1, -0.05) is 102 Å². The Morgan fingerprint density at radius 1 is 0.633 bits per heavy atom. The molecule has 0 spiro atoms. The third kappa shape index (κ3) is 3.51. The van der Waals surface area contributed by atoms with E-state index < -0.39 is 0 Å². The van der Waals surface area contributed by atoms with Gasteiger partial charge in [0, 0.05) is 59.7 Å².